The van der Waals surface area contributed by atoms with Gasteiger partial charge in [-0.25, -0.2) is 0 Å². The average molecular weight is 421 g/mol. The molecule has 2 saturated heterocycles. The summed E-state index contributed by atoms with van der Waals surface area (Å²) in [5, 5.41) is 0. The van der Waals surface area contributed by atoms with Crippen molar-refractivity contribution in [3.63, 3.8) is 0 Å². The van der Waals surface area contributed by atoms with E-state index in [1.54, 1.807) is 0 Å². The molecule has 0 aromatic rings. The van der Waals surface area contributed by atoms with Gasteiger partial charge in [0.2, 0.25) is 11.6 Å². The molecule has 6 rings (SSSR count). The topological polar surface area (TPSA) is 46.2 Å². The quantitative estimate of drug-likeness (QED) is 0.663. The molecule has 0 radical (unpaired) electrons. The molecule has 1 unspecified atom stereocenters. The van der Waals surface area contributed by atoms with Crippen LogP contribution in [0.4, 0.5) is 0 Å². The summed E-state index contributed by atoms with van der Waals surface area (Å²) in [5.41, 5.74) is 0.397. The van der Waals surface area contributed by atoms with E-state index in [9.17, 15) is 0 Å². The Balaban J connectivity index is 1.41. The second kappa shape index (κ2) is 6.90. The molecular formula is C25H40O5. The highest BCUT2D eigenvalue weighted by molar-refractivity contribution is 5.19. The molecule has 0 spiro atoms. The summed E-state index contributed by atoms with van der Waals surface area (Å²) in [4.78, 5) is 0. The molecule has 4 saturated carbocycles. The molecule has 30 heavy (non-hydrogen) atoms. The van der Waals surface area contributed by atoms with E-state index in [-0.39, 0.29) is 5.41 Å². The molecule has 0 amide bonds. The number of methoxy groups -OCH3 is 1. The van der Waals surface area contributed by atoms with Crippen LogP contribution in [-0.2, 0) is 23.7 Å². The summed E-state index contributed by atoms with van der Waals surface area (Å²) in [5.74, 6) is 2.05. The Bertz CT molecular complexity index is 668. The predicted octanol–water partition coefficient (Wildman–Crippen LogP) is 4.39. The first-order chi connectivity index (χ1) is 14.5. The van der Waals surface area contributed by atoms with Crippen molar-refractivity contribution in [2.75, 3.05) is 40.1 Å². The maximum Gasteiger partial charge on any atom is 0.229 e. The maximum absolute atomic E-state index is 6.55. The van der Waals surface area contributed by atoms with E-state index in [0.29, 0.717) is 49.6 Å². The maximum atomic E-state index is 6.55. The highest BCUT2D eigenvalue weighted by atomic mass is 16.8. The third-order valence-electron chi connectivity index (χ3n) is 10.7. The Kier molecular flexibility index (Phi) is 4.69. The van der Waals surface area contributed by atoms with E-state index in [1.807, 2.05) is 7.11 Å². The van der Waals surface area contributed by atoms with Crippen LogP contribution in [0, 0.1) is 40.4 Å². The lowest BCUT2D eigenvalue weighted by Gasteiger charge is -2.63. The Morgan fingerprint density at radius 2 is 1.57 bits per heavy atom. The van der Waals surface area contributed by atoms with Crippen LogP contribution in [0.5, 0.6) is 0 Å². The van der Waals surface area contributed by atoms with Gasteiger partial charge in [-0.05, 0) is 67.1 Å². The van der Waals surface area contributed by atoms with Crippen LogP contribution in [0.15, 0.2) is 0 Å². The van der Waals surface area contributed by atoms with Gasteiger partial charge in [0.15, 0.2) is 0 Å². The molecule has 2 heterocycles. The van der Waals surface area contributed by atoms with E-state index in [0.717, 1.165) is 31.3 Å². The SMILES string of the molecule is COC[C@H]1C[C@@H]2[C@H](CC[C@@]3(C)[C@H]2CC24OCCOC23OCCO4)[C@@]2(C)CCCCC12. The number of hydrogen-bond acceptors (Lipinski definition) is 5. The molecule has 0 N–H and O–H groups in total. The van der Waals surface area contributed by atoms with E-state index >= 15 is 0 Å². The molecule has 0 aromatic heterocycles. The zero-order valence-electron chi connectivity index (χ0n) is 19.1. The smallest absolute Gasteiger partial charge is 0.229 e. The van der Waals surface area contributed by atoms with Crippen molar-refractivity contribution in [2.24, 2.45) is 40.4 Å². The minimum absolute atomic E-state index is 0.0511. The molecule has 5 heteroatoms. The summed E-state index contributed by atoms with van der Waals surface area (Å²) >= 11 is 0. The Morgan fingerprint density at radius 1 is 0.833 bits per heavy atom. The molecule has 5 nitrogen and oxygen atoms in total. The van der Waals surface area contributed by atoms with Gasteiger partial charge in [-0.15, -0.1) is 0 Å². The van der Waals surface area contributed by atoms with Gasteiger partial charge < -0.3 is 23.7 Å². The largest absolute Gasteiger partial charge is 0.384 e. The minimum Gasteiger partial charge on any atom is -0.384 e. The van der Waals surface area contributed by atoms with Crippen molar-refractivity contribution in [3.8, 4) is 0 Å². The van der Waals surface area contributed by atoms with Crippen LogP contribution >= 0.6 is 0 Å². The highest BCUT2D eigenvalue weighted by Crippen LogP contribution is 2.73. The highest BCUT2D eigenvalue weighted by Gasteiger charge is 2.79. The van der Waals surface area contributed by atoms with E-state index in [2.05, 4.69) is 13.8 Å². The first-order valence-electron chi connectivity index (χ1n) is 12.5. The fourth-order valence-corrected chi connectivity index (χ4v) is 9.66. The van der Waals surface area contributed by atoms with Crippen LogP contribution in [0.1, 0.15) is 65.2 Å². The van der Waals surface area contributed by atoms with Gasteiger partial charge >= 0.3 is 0 Å². The van der Waals surface area contributed by atoms with Crippen molar-refractivity contribution in [2.45, 2.75) is 76.8 Å². The van der Waals surface area contributed by atoms with Gasteiger partial charge in [-0.1, -0.05) is 26.7 Å². The van der Waals surface area contributed by atoms with Crippen molar-refractivity contribution in [1.82, 2.24) is 0 Å². The van der Waals surface area contributed by atoms with Crippen LogP contribution < -0.4 is 0 Å². The third kappa shape index (κ3) is 2.37. The standard InChI is InChI=1S/C25H40O5/c1-22-8-5-4-6-19(22)17(16-26-3)14-18-20(22)7-9-23(2)21(18)15-24-25(23,29-12-10-27-24)30-13-11-28-24/h17-21H,4-16H2,1-3H3/t17-,18-,19?,20+,21+,22+,23+,24?,25?/m1/s1. The first kappa shape index (κ1) is 20.4. The summed E-state index contributed by atoms with van der Waals surface area (Å²) in [6, 6.07) is 0. The van der Waals surface area contributed by atoms with Gasteiger partial charge in [-0.3, -0.25) is 0 Å². The third-order valence-corrected chi connectivity index (χ3v) is 10.7. The van der Waals surface area contributed by atoms with Crippen LogP contribution in [0.25, 0.3) is 0 Å². The number of hydrogen-bond donors (Lipinski definition) is 0. The number of fused-ring (bicyclic) bond motifs is 5. The zero-order valence-corrected chi connectivity index (χ0v) is 19.1. The lowest BCUT2D eigenvalue weighted by atomic mass is 9.43. The van der Waals surface area contributed by atoms with Gasteiger partial charge in [0.25, 0.3) is 0 Å². The lowest BCUT2D eigenvalue weighted by molar-refractivity contribution is -0.474. The van der Waals surface area contributed by atoms with Crippen LogP contribution in [0.3, 0.4) is 0 Å². The normalized spacial score (nSPS) is 57.5. The molecule has 170 valence electrons. The van der Waals surface area contributed by atoms with Gasteiger partial charge in [-0.2, -0.15) is 0 Å². The van der Waals surface area contributed by atoms with Gasteiger partial charge in [0, 0.05) is 25.6 Å². The van der Waals surface area contributed by atoms with E-state index < -0.39 is 11.6 Å². The molecular weight excluding hydrogens is 380 g/mol. The molecule has 0 aromatic carbocycles. The molecule has 0 bridgehead atoms. The van der Waals surface area contributed by atoms with Crippen molar-refractivity contribution in [3.05, 3.63) is 0 Å². The molecule has 6 fully saturated rings. The fourth-order valence-electron chi connectivity index (χ4n) is 9.66. The van der Waals surface area contributed by atoms with E-state index in [1.165, 1.54) is 38.5 Å². The molecule has 7 atom stereocenters. The van der Waals surface area contributed by atoms with Crippen molar-refractivity contribution < 1.29 is 23.7 Å². The predicted molar refractivity (Wildman–Crippen MR) is 112 cm³/mol. The minimum atomic E-state index is -0.729. The van der Waals surface area contributed by atoms with Gasteiger partial charge in [0.05, 0.1) is 26.4 Å². The summed E-state index contributed by atoms with van der Waals surface area (Å²) in [7, 11) is 1.89. The van der Waals surface area contributed by atoms with E-state index in [4.69, 9.17) is 23.7 Å². The zero-order chi connectivity index (χ0) is 20.6. The molecule has 6 aliphatic rings. The van der Waals surface area contributed by atoms with Crippen molar-refractivity contribution >= 4 is 0 Å². The second-order valence-corrected chi connectivity index (χ2v) is 11.6. The van der Waals surface area contributed by atoms with Gasteiger partial charge in [0.1, 0.15) is 0 Å². The Hall–Kier alpha value is -0.200. The molecule has 2 aliphatic heterocycles. The Morgan fingerprint density at radius 3 is 2.30 bits per heavy atom. The second-order valence-electron chi connectivity index (χ2n) is 11.6. The first-order valence-corrected chi connectivity index (χ1v) is 12.5. The number of ether oxygens (including phenoxy) is 5. The summed E-state index contributed by atoms with van der Waals surface area (Å²) < 4.78 is 31.7. The van der Waals surface area contributed by atoms with Crippen LogP contribution in [-0.4, -0.2) is 51.7 Å². The summed E-state index contributed by atoms with van der Waals surface area (Å²) in [6.07, 6.45) is 10.2. The van der Waals surface area contributed by atoms with Crippen molar-refractivity contribution in [1.29, 1.82) is 0 Å². The monoisotopic (exact) mass is 420 g/mol. The Labute approximate surface area is 181 Å². The summed E-state index contributed by atoms with van der Waals surface area (Å²) in [6.45, 7) is 8.39. The average Bonchev–Trinajstić information content (AvgIpc) is 3.00. The van der Waals surface area contributed by atoms with Crippen LogP contribution in [0.2, 0.25) is 0 Å². The lowest BCUT2D eigenvalue weighted by Crippen LogP contribution is -2.70. The molecule has 4 aliphatic carbocycles. The fraction of sp³-hybridized carbons (Fsp3) is 1.00. The number of rotatable bonds is 2.